The number of ether oxygens (including phenoxy) is 1. The lowest BCUT2D eigenvalue weighted by Crippen LogP contribution is -2.31. The number of fused-ring (bicyclic) bond motifs is 1. The molecule has 0 atom stereocenters. The maximum Gasteiger partial charge on any atom is 0.251 e. The Morgan fingerprint density at radius 1 is 1.06 bits per heavy atom. The minimum absolute atomic E-state index is 0.145. The Bertz CT molecular complexity index is 1390. The van der Waals surface area contributed by atoms with Crippen molar-refractivity contribution in [2.24, 2.45) is 5.92 Å². The summed E-state index contributed by atoms with van der Waals surface area (Å²) in [6.45, 7) is 0.431. The monoisotopic (exact) mass is 491 g/mol. The number of hydrogen-bond donors (Lipinski definition) is 2. The molecule has 186 valence electrons. The van der Waals surface area contributed by atoms with E-state index < -0.39 is 23.3 Å². The summed E-state index contributed by atoms with van der Waals surface area (Å²) in [5.74, 6) is -2.84. The lowest BCUT2D eigenvalue weighted by Gasteiger charge is -2.28. The van der Waals surface area contributed by atoms with Gasteiger partial charge in [-0.05, 0) is 73.1 Å². The van der Waals surface area contributed by atoms with E-state index in [1.54, 1.807) is 7.11 Å². The molecule has 1 aromatic heterocycles. The van der Waals surface area contributed by atoms with Crippen LogP contribution in [0.5, 0.6) is 11.5 Å². The van der Waals surface area contributed by atoms with Crippen LogP contribution in [0.1, 0.15) is 42.1 Å². The zero-order valence-corrected chi connectivity index (χ0v) is 19.9. The Labute approximate surface area is 207 Å². The molecule has 1 aliphatic carbocycles. The first-order chi connectivity index (χ1) is 17.4. The Morgan fingerprint density at radius 3 is 2.50 bits per heavy atom. The molecule has 0 bridgehead atoms. The average molecular weight is 492 g/mol. The third-order valence-electron chi connectivity index (χ3n) is 6.95. The molecule has 4 aromatic rings. The molecule has 3 aromatic carbocycles. The SMILES string of the molecule is COc1cccc(-c2ccc3cn(C4CCC(CNC(=O)c5cc(F)c(O)c(F)c5)CC4)nc3c2)c1. The van der Waals surface area contributed by atoms with E-state index in [-0.39, 0.29) is 17.5 Å². The van der Waals surface area contributed by atoms with Gasteiger partial charge in [-0.2, -0.15) is 5.10 Å². The molecule has 0 saturated heterocycles. The molecule has 1 fully saturated rings. The largest absolute Gasteiger partial charge is 0.503 e. The molecule has 0 unspecified atom stereocenters. The molecule has 5 rings (SSSR count). The second kappa shape index (κ2) is 9.97. The summed E-state index contributed by atoms with van der Waals surface area (Å²) in [6, 6.07) is 16.2. The molecular weight excluding hydrogens is 464 g/mol. The molecule has 1 aliphatic rings. The van der Waals surface area contributed by atoms with E-state index in [2.05, 4.69) is 40.5 Å². The second-order valence-electron chi connectivity index (χ2n) is 9.29. The molecule has 36 heavy (non-hydrogen) atoms. The number of phenolic OH excluding ortho intramolecular Hbond substituents is 1. The van der Waals surface area contributed by atoms with Gasteiger partial charge in [-0.15, -0.1) is 0 Å². The molecule has 2 N–H and O–H groups in total. The van der Waals surface area contributed by atoms with Crippen molar-refractivity contribution in [1.82, 2.24) is 15.1 Å². The van der Waals surface area contributed by atoms with Crippen LogP contribution in [0.25, 0.3) is 22.0 Å². The van der Waals surface area contributed by atoms with E-state index in [1.165, 1.54) is 0 Å². The van der Waals surface area contributed by atoms with E-state index in [0.717, 1.165) is 65.6 Å². The summed E-state index contributed by atoms with van der Waals surface area (Å²) in [5.41, 5.74) is 2.96. The normalized spacial score (nSPS) is 17.8. The maximum absolute atomic E-state index is 13.5. The van der Waals surface area contributed by atoms with Crippen LogP contribution in [0.3, 0.4) is 0 Å². The number of aromatic nitrogens is 2. The van der Waals surface area contributed by atoms with Gasteiger partial charge in [0.15, 0.2) is 17.4 Å². The van der Waals surface area contributed by atoms with Gasteiger partial charge < -0.3 is 15.2 Å². The number of methoxy groups -OCH3 is 1. The number of nitrogens with zero attached hydrogens (tertiary/aromatic N) is 2. The number of carbonyl (C=O) groups is 1. The number of hydrogen-bond acceptors (Lipinski definition) is 4. The van der Waals surface area contributed by atoms with Crippen LogP contribution >= 0.6 is 0 Å². The summed E-state index contributed by atoms with van der Waals surface area (Å²) < 4.78 is 34.5. The van der Waals surface area contributed by atoms with Crippen molar-refractivity contribution in [2.45, 2.75) is 31.7 Å². The van der Waals surface area contributed by atoms with Crippen LogP contribution in [-0.4, -0.2) is 34.4 Å². The molecule has 0 aliphatic heterocycles. The molecule has 1 amide bonds. The highest BCUT2D eigenvalue weighted by Gasteiger charge is 2.24. The third kappa shape index (κ3) is 4.89. The molecule has 1 saturated carbocycles. The summed E-state index contributed by atoms with van der Waals surface area (Å²) in [7, 11) is 1.66. The highest BCUT2D eigenvalue weighted by atomic mass is 19.1. The van der Waals surface area contributed by atoms with Crippen LogP contribution in [0.15, 0.2) is 60.8 Å². The van der Waals surface area contributed by atoms with Crippen molar-refractivity contribution in [3.8, 4) is 22.6 Å². The number of rotatable bonds is 6. The Morgan fingerprint density at radius 2 is 1.78 bits per heavy atom. The Hall–Kier alpha value is -3.94. The number of aromatic hydroxyl groups is 1. The first-order valence-electron chi connectivity index (χ1n) is 12.0. The van der Waals surface area contributed by atoms with E-state index in [1.807, 2.05) is 18.2 Å². The number of carbonyl (C=O) groups excluding carboxylic acids is 1. The molecule has 8 heteroatoms. The summed E-state index contributed by atoms with van der Waals surface area (Å²) in [5, 5.41) is 17.9. The molecule has 1 heterocycles. The second-order valence-corrected chi connectivity index (χ2v) is 9.29. The van der Waals surface area contributed by atoms with Gasteiger partial charge in [0.2, 0.25) is 0 Å². The Balaban J connectivity index is 1.19. The fourth-order valence-corrected chi connectivity index (χ4v) is 4.85. The standard InChI is InChI=1S/C28H27F2N3O3/c1-36-23-4-2-3-18(11-23)19-7-8-20-16-33(32-26(20)14-19)22-9-5-17(6-10-22)15-31-28(35)21-12-24(29)27(34)25(30)13-21/h2-4,7-8,11-14,16-17,22,34H,5-6,9-10,15H2,1H3,(H,31,35). The highest BCUT2D eigenvalue weighted by molar-refractivity contribution is 5.94. The van der Waals surface area contributed by atoms with E-state index in [9.17, 15) is 18.7 Å². The quantitative estimate of drug-likeness (QED) is 0.354. The highest BCUT2D eigenvalue weighted by Crippen LogP contribution is 2.33. The lowest BCUT2D eigenvalue weighted by atomic mass is 9.86. The predicted octanol–water partition coefficient (Wildman–Crippen LogP) is 5.86. The fourth-order valence-electron chi connectivity index (χ4n) is 4.85. The van der Waals surface area contributed by atoms with Gasteiger partial charge in [-0.25, -0.2) is 8.78 Å². The molecule has 0 spiro atoms. The van der Waals surface area contributed by atoms with Crippen LogP contribution in [0.2, 0.25) is 0 Å². The van der Waals surface area contributed by atoms with Crippen LogP contribution in [0.4, 0.5) is 8.78 Å². The van der Waals surface area contributed by atoms with Gasteiger partial charge in [0.1, 0.15) is 5.75 Å². The minimum atomic E-state index is -1.15. The van der Waals surface area contributed by atoms with E-state index >= 15 is 0 Å². The van der Waals surface area contributed by atoms with Crippen molar-refractivity contribution in [3.05, 3.63) is 78.0 Å². The number of nitrogens with one attached hydrogen (secondary N) is 1. The summed E-state index contributed by atoms with van der Waals surface area (Å²) >= 11 is 0. The van der Waals surface area contributed by atoms with Crippen LogP contribution in [-0.2, 0) is 0 Å². The van der Waals surface area contributed by atoms with Gasteiger partial charge in [0.05, 0.1) is 18.7 Å². The average Bonchev–Trinajstić information content (AvgIpc) is 3.34. The number of phenols is 1. The topological polar surface area (TPSA) is 76.4 Å². The maximum atomic E-state index is 13.5. The van der Waals surface area contributed by atoms with Gasteiger partial charge >= 0.3 is 0 Å². The van der Waals surface area contributed by atoms with Crippen molar-refractivity contribution in [1.29, 1.82) is 0 Å². The van der Waals surface area contributed by atoms with E-state index in [0.29, 0.717) is 6.54 Å². The van der Waals surface area contributed by atoms with Gasteiger partial charge in [0, 0.05) is 23.7 Å². The van der Waals surface area contributed by atoms with Crippen molar-refractivity contribution in [2.75, 3.05) is 13.7 Å². The zero-order valence-electron chi connectivity index (χ0n) is 19.9. The first kappa shape index (κ1) is 23.8. The number of benzene rings is 3. The van der Waals surface area contributed by atoms with Crippen molar-refractivity contribution in [3.63, 3.8) is 0 Å². The van der Waals surface area contributed by atoms with E-state index in [4.69, 9.17) is 9.84 Å². The van der Waals surface area contributed by atoms with Crippen molar-refractivity contribution >= 4 is 16.8 Å². The fraction of sp³-hybridized carbons (Fsp3) is 0.286. The summed E-state index contributed by atoms with van der Waals surface area (Å²) in [4.78, 5) is 12.3. The smallest absolute Gasteiger partial charge is 0.251 e. The van der Waals surface area contributed by atoms with Gasteiger partial charge in [0.25, 0.3) is 5.91 Å². The number of amides is 1. The van der Waals surface area contributed by atoms with Crippen LogP contribution < -0.4 is 10.1 Å². The molecule has 6 nitrogen and oxygen atoms in total. The van der Waals surface area contributed by atoms with Crippen LogP contribution in [0, 0.1) is 17.6 Å². The predicted molar refractivity (Wildman–Crippen MR) is 133 cm³/mol. The van der Waals surface area contributed by atoms with Crippen molar-refractivity contribution < 1.29 is 23.4 Å². The Kier molecular flexibility index (Phi) is 6.59. The lowest BCUT2D eigenvalue weighted by molar-refractivity contribution is 0.0940. The first-order valence-corrected chi connectivity index (χ1v) is 12.0. The molecule has 0 radical (unpaired) electrons. The molecular formula is C28H27F2N3O3. The van der Waals surface area contributed by atoms with Gasteiger partial charge in [-0.3, -0.25) is 9.48 Å². The zero-order chi connectivity index (χ0) is 25.2. The summed E-state index contributed by atoms with van der Waals surface area (Å²) in [6.07, 6.45) is 5.77. The number of halogens is 2. The van der Waals surface area contributed by atoms with Gasteiger partial charge in [-0.1, -0.05) is 24.3 Å². The third-order valence-corrected chi connectivity index (χ3v) is 6.95. The minimum Gasteiger partial charge on any atom is -0.503 e.